The van der Waals surface area contributed by atoms with Gasteiger partial charge in [0.2, 0.25) is 0 Å². The molecule has 1 aromatic rings. The molecule has 104 valence electrons. The zero-order valence-corrected chi connectivity index (χ0v) is 12.7. The summed E-state index contributed by atoms with van der Waals surface area (Å²) in [6, 6.07) is 5.55. The second kappa shape index (κ2) is 5.90. The van der Waals surface area contributed by atoms with Crippen molar-refractivity contribution in [3.8, 4) is 0 Å². The summed E-state index contributed by atoms with van der Waals surface area (Å²) >= 11 is 3.16. The summed E-state index contributed by atoms with van der Waals surface area (Å²) in [5.74, 6) is 1.09. The second-order valence-corrected chi connectivity index (χ2v) is 6.24. The molecule has 1 aliphatic carbocycles. The van der Waals surface area contributed by atoms with Gasteiger partial charge in [-0.25, -0.2) is 4.39 Å². The number of nitrogens with zero attached hydrogens (tertiary/aromatic N) is 1. The highest BCUT2D eigenvalue weighted by atomic mass is 79.9. The van der Waals surface area contributed by atoms with E-state index in [9.17, 15) is 4.39 Å². The van der Waals surface area contributed by atoms with Crippen LogP contribution in [0.2, 0.25) is 0 Å². The molecule has 1 saturated carbocycles. The molecule has 0 aromatic heterocycles. The van der Waals surface area contributed by atoms with Crippen LogP contribution in [-0.4, -0.2) is 18.5 Å². The molecule has 0 aliphatic heterocycles. The van der Waals surface area contributed by atoms with Crippen molar-refractivity contribution in [2.75, 3.05) is 6.54 Å². The third-order valence-electron chi connectivity index (χ3n) is 3.12. The number of rotatable bonds is 4. The number of guanidine groups is 1. The normalized spacial score (nSPS) is 22.7. The summed E-state index contributed by atoms with van der Waals surface area (Å²) in [5.41, 5.74) is 6.82. The van der Waals surface area contributed by atoms with Gasteiger partial charge >= 0.3 is 0 Å². The smallest absolute Gasteiger partial charge is 0.188 e. The molecule has 19 heavy (non-hydrogen) atoms. The Morgan fingerprint density at radius 2 is 2.32 bits per heavy atom. The standard InChI is InChI=1S/C14H19BrFN3/c1-8(2)7-18-14(17)19-13-6-10(13)9-3-4-11(15)12(16)5-9/h3-5,8,10,13H,6-7H2,1-2H3,(H3,17,18,19)/t10-,13+/m0/s1. The van der Waals surface area contributed by atoms with Gasteiger partial charge in [-0.15, -0.1) is 0 Å². The van der Waals surface area contributed by atoms with Gasteiger partial charge in [-0.2, -0.15) is 0 Å². The zero-order valence-electron chi connectivity index (χ0n) is 11.2. The number of halogens is 2. The molecule has 0 saturated heterocycles. The first-order chi connectivity index (χ1) is 8.97. The fourth-order valence-electron chi connectivity index (χ4n) is 1.98. The summed E-state index contributed by atoms with van der Waals surface area (Å²) < 4.78 is 14.0. The minimum absolute atomic E-state index is 0.218. The highest BCUT2D eigenvalue weighted by Gasteiger charge is 2.39. The summed E-state index contributed by atoms with van der Waals surface area (Å²) in [5, 5.41) is 3.19. The molecule has 2 rings (SSSR count). The van der Waals surface area contributed by atoms with E-state index in [0.29, 0.717) is 22.3 Å². The Labute approximate surface area is 121 Å². The van der Waals surface area contributed by atoms with Crippen molar-refractivity contribution in [3.05, 3.63) is 34.1 Å². The molecule has 3 nitrogen and oxygen atoms in total. The highest BCUT2D eigenvalue weighted by Crippen LogP contribution is 2.41. The third kappa shape index (κ3) is 3.93. The van der Waals surface area contributed by atoms with Crippen molar-refractivity contribution in [1.82, 2.24) is 5.32 Å². The Morgan fingerprint density at radius 1 is 1.58 bits per heavy atom. The first-order valence-corrected chi connectivity index (χ1v) is 7.28. The molecular weight excluding hydrogens is 309 g/mol. The fraction of sp³-hybridized carbons (Fsp3) is 0.500. The number of nitrogens with one attached hydrogen (secondary N) is 1. The van der Waals surface area contributed by atoms with Crippen LogP contribution in [0.4, 0.5) is 4.39 Å². The summed E-state index contributed by atoms with van der Waals surface area (Å²) in [7, 11) is 0. The predicted molar refractivity (Wildman–Crippen MR) is 79.7 cm³/mol. The summed E-state index contributed by atoms with van der Waals surface area (Å²) in [6.45, 7) is 4.92. The Hall–Kier alpha value is -1.10. The SMILES string of the molecule is CC(C)CN=C(N)N[C@@H]1C[C@H]1c1ccc(Br)c(F)c1. The van der Waals surface area contributed by atoms with Crippen LogP contribution in [-0.2, 0) is 0 Å². The lowest BCUT2D eigenvalue weighted by Crippen LogP contribution is -2.34. The maximum Gasteiger partial charge on any atom is 0.188 e. The van der Waals surface area contributed by atoms with Gasteiger partial charge in [0.15, 0.2) is 5.96 Å². The molecular formula is C14H19BrFN3. The van der Waals surface area contributed by atoms with Gasteiger partial charge in [-0.1, -0.05) is 19.9 Å². The fourth-order valence-corrected chi connectivity index (χ4v) is 2.23. The van der Waals surface area contributed by atoms with Crippen LogP contribution in [0.15, 0.2) is 27.7 Å². The average molecular weight is 328 g/mol. The van der Waals surface area contributed by atoms with Gasteiger partial charge in [0.25, 0.3) is 0 Å². The van der Waals surface area contributed by atoms with Crippen LogP contribution < -0.4 is 11.1 Å². The summed E-state index contributed by atoms with van der Waals surface area (Å²) in [4.78, 5) is 4.27. The van der Waals surface area contributed by atoms with Gasteiger partial charge in [-0.05, 0) is 46.0 Å². The highest BCUT2D eigenvalue weighted by molar-refractivity contribution is 9.10. The molecule has 2 atom stereocenters. The van der Waals surface area contributed by atoms with E-state index >= 15 is 0 Å². The van der Waals surface area contributed by atoms with E-state index in [-0.39, 0.29) is 11.9 Å². The topological polar surface area (TPSA) is 50.4 Å². The van der Waals surface area contributed by atoms with Crippen molar-refractivity contribution in [2.24, 2.45) is 16.6 Å². The lowest BCUT2D eigenvalue weighted by atomic mass is 10.1. The van der Waals surface area contributed by atoms with E-state index in [1.165, 1.54) is 0 Å². The number of hydrogen-bond acceptors (Lipinski definition) is 1. The number of nitrogens with two attached hydrogens (primary N) is 1. The van der Waals surface area contributed by atoms with Crippen molar-refractivity contribution in [3.63, 3.8) is 0 Å². The molecule has 1 fully saturated rings. The molecule has 5 heteroatoms. The Bertz CT molecular complexity index is 488. The maximum absolute atomic E-state index is 13.5. The van der Waals surface area contributed by atoms with Crippen molar-refractivity contribution in [2.45, 2.75) is 32.2 Å². The first-order valence-electron chi connectivity index (χ1n) is 6.48. The van der Waals surface area contributed by atoms with E-state index in [2.05, 4.69) is 40.1 Å². The molecule has 0 spiro atoms. The van der Waals surface area contributed by atoms with Crippen LogP contribution >= 0.6 is 15.9 Å². The largest absolute Gasteiger partial charge is 0.370 e. The Kier molecular flexibility index (Phi) is 4.45. The Morgan fingerprint density at radius 3 is 2.95 bits per heavy atom. The number of aliphatic imine (C=N–C) groups is 1. The third-order valence-corrected chi connectivity index (χ3v) is 3.77. The van der Waals surface area contributed by atoms with Gasteiger partial charge in [0.1, 0.15) is 5.82 Å². The van der Waals surface area contributed by atoms with Gasteiger partial charge < -0.3 is 11.1 Å². The monoisotopic (exact) mass is 327 g/mol. The van der Waals surface area contributed by atoms with E-state index < -0.39 is 0 Å². The summed E-state index contributed by atoms with van der Waals surface area (Å²) in [6.07, 6.45) is 0.971. The van der Waals surface area contributed by atoms with Crippen LogP contribution in [0.3, 0.4) is 0 Å². The van der Waals surface area contributed by atoms with Crippen molar-refractivity contribution >= 4 is 21.9 Å². The Balaban J connectivity index is 1.90. The minimum atomic E-state index is -0.218. The van der Waals surface area contributed by atoms with Gasteiger partial charge in [0, 0.05) is 18.5 Å². The molecule has 0 bridgehead atoms. The van der Waals surface area contributed by atoms with E-state index in [1.807, 2.05) is 6.07 Å². The minimum Gasteiger partial charge on any atom is -0.370 e. The van der Waals surface area contributed by atoms with Gasteiger partial charge in [0.05, 0.1) is 4.47 Å². The van der Waals surface area contributed by atoms with Crippen LogP contribution in [0.1, 0.15) is 31.7 Å². The lowest BCUT2D eigenvalue weighted by molar-refractivity contribution is 0.618. The molecule has 0 radical (unpaired) electrons. The van der Waals surface area contributed by atoms with Crippen LogP contribution in [0.25, 0.3) is 0 Å². The number of benzene rings is 1. The molecule has 3 N–H and O–H groups in total. The van der Waals surface area contributed by atoms with Gasteiger partial charge in [-0.3, -0.25) is 4.99 Å². The van der Waals surface area contributed by atoms with E-state index in [1.54, 1.807) is 12.1 Å². The van der Waals surface area contributed by atoms with Crippen molar-refractivity contribution in [1.29, 1.82) is 0 Å². The average Bonchev–Trinajstić information content (AvgIpc) is 3.09. The molecule has 0 heterocycles. The molecule has 1 aliphatic rings. The van der Waals surface area contributed by atoms with Crippen LogP contribution in [0.5, 0.6) is 0 Å². The van der Waals surface area contributed by atoms with Crippen molar-refractivity contribution < 1.29 is 4.39 Å². The maximum atomic E-state index is 13.5. The second-order valence-electron chi connectivity index (χ2n) is 5.39. The molecule has 0 amide bonds. The molecule has 0 unspecified atom stereocenters. The zero-order chi connectivity index (χ0) is 14.0. The van der Waals surface area contributed by atoms with E-state index in [4.69, 9.17) is 5.73 Å². The quantitative estimate of drug-likeness (QED) is 0.659. The predicted octanol–water partition coefficient (Wildman–Crippen LogP) is 3.00. The first kappa shape index (κ1) is 14.3. The van der Waals surface area contributed by atoms with Crippen LogP contribution in [0, 0.1) is 11.7 Å². The molecule has 1 aromatic carbocycles. The number of hydrogen-bond donors (Lipinski definition) is 2. The van der Waals surface area contributed by atoms with E-state index in [0.717, 1.165) is 18.5 Å². The lowest BCUT2D eigenvalue weighted by Gasteiger charge is -2.07.